The van der Waals surface area contributed by atoms with Crippen LogP contribution in [0.2, 0.25) is 0 Å². The van der Waals surface area contributed by atoms with Gasteiger partial charge in [0.05, 0.1) is 10.9 Å². The Morgan fingerprint density at radius 3 is 2.68 bits per heavy atom. The minimum absolute atomic E-state index is 0.0203. The highest BCUT2D eigenvalue weighted by Crippen LogP contribution is 2.36. The molecule has 4 rings (SSSR count). The summed E-state index contributed by atoms with van der Waals surface area (Å²) in [7, 11) is 0. The van der Waals surface area contributed by atoms with E-state index < -0.39 is 11.2 Å². The molecule has 2 fully saturated rings. The van der Waals surface area contributed by atoms with Gasteiger partial charge >= 0.3 is 5.69 Å². The fourth-order valence-corrected chi connectivity index (χ4v) is 4.46. The van der Waals surface area contributed by atoms with Crippen molar-refractivity contribution in [1.82, 2.24) is 14.5 Å². The lowest BCUT2D eigenvalue weighted by atomic mass is 9.75. The number of nitrogens with one attached hydrogen (secondary N) is 1. The van der Waals surface area contributed by atoms with E-state index in [9.17, 15) is 14.4 Å². The topological polar surface area (TPSA) is 75.2 Å². The maximum atomic E-state index is 12.8. The van der Waals surface area contributed by atoms with Crippen LogP contribution in [0.15, 0.2) is 33.9 Å². The zero-order valence-electron chi connectivity index (χ0n) is 14.2. The summed E-state index contributed by atoms with van der Waals surface area (Å²) >= 11 is 0. The second-order valence-corrected chi connectivity index (χ2v) is 7.30. The van der Waals surface area contributed by atoms with Gasteiger partial charge in [-0.2, -0.15) is 0 Å². The van der Waals surface area contributed by atoms with Crippen molar-refractivity contribution in [2.75, 3.05) is 13.1 Å². The van der Waals surface area contributed by atoms with Crippen LogP contribution in [0, 0.1) is 11.8 Å². The molecule has 0 unspecified atom stereocenters. The Hall–Kier alpha value is -2.37. The second-order valence-electron chi connectivity index (χ2n) is 7.30. The zero-order chi connectivity index (χ0) is 17.4. The molecule has 1 N–H and O–H groups in total. The van der Waals surface area contributed by atoms with Crippen molar-refractivity contribution < 1.29 is 4.79 Å². The molecule has 1 aromatic heterocycles. The number of amides is 1. The maximum Gasteiger partial charge on any atom is 0.329 e. The minimum Gasteiger partial charge on any atom is -0.341 e. The summed E-state index contributed by atoms with van der Waals surface area (Å²) in [6.45, 7) is 1.56. The number of carbonyl (C=O) groups is 1. The van der Waals surface area contributed by atoms with E-state index in [1.807, 2.05) is 4.90 Å². The molecule has 6 heteroatoms. The summed E-state index contributed by atoms with van der Waals surface area (Å²) in [6, 6.07) is 6.91. The van der Waals surface area contributed by atoms with Crippen LogP contribution < -0.4 is 11.2 Å². The minimum atomic E-state index is -0.524. The van der Waals surface area contributed by atoms with Gasteiger partial charge in [-0.25, -0.2) is 4.79 Å². The number of rotatable bonds is 2. The van der Waals surface area contributed by atoms with Gasteiger partial charge in [-0.3, -0.25) is 19.1 Å². The number of benzene rings is 1. The lowest BCUT2D eigenvalue weighted by Crippen LogP contribution is -2.47. The van der Waals surface area contributed by atoms with Gasteiger partial charge in [0.15, 0.2) is 0 Å². The average Bonchev–Trinajstić information content (AvgIpc) is 2.64. The van der Waals surface area contributed by atoms with Gasteiger partial charge in [-0.05, 0) is 36.8 Å². The third-order valence-electron chi connectivity index (χ3n) is 5.84. The summed E-state index contributed by atoms with van der Waals surface area (Å²) in [5.74, 6) is 1.33. The number of hydrogen-bond donors (Lipinski definition) is 1. The van der Waals surface area contributed by atoms with Gasteiger partial charge in [0.1, 0.15) is 6.54 Å². The van der Waals surface area contributed by atoms with Crippen LogP contribution in [-0.2, 0) is 11.3 Å². The third-order valence-corrected chi connectivity index (χ3v) is 5.84. The first-order valence-corrected chi connectivity index (χ1v) is 9.13. The fourth-order valence-electron chi connectivity index (χ4n) is 4.46. The number of aromatic amines is 1. The SMILES string of the molecule is O=C(Cn1c(=O)[nH]c(=O)c2ccccc21)N1CC[C@H]2CCCC[C@H]2C1. The van der Waals surface area contributed by atoms with Crippen LogP contribution in [0.1, 0.15) is 32.1 Å². The monoisotopic (exact) mass is 341 g/mol. The number of carbonyl (C=O) groups excluding carboxylic acids is 1. The molecule has 0 bridgehead atoms. The Morgan fingerprint density at radius 1 is 1.08 bits per heavy atom. The number of likely N-dealkylation sites (tertiary alicyclic amines) is 1. The average molecular weight is 341 g/mol. The molecule has 1 saturated carbocycles. The highest BCUT2D eigenvalue weighted by atomic mass is 16.2. The molecule has 0 spiro atoms. The molecular formula is C19H23N3O3. The molecule has 2 heterocycles. The number of nitrogens with zero attached hydrogens (tertiary/aromatic N) is 2. The summed E-state index contributed by atoms with van der Waals surface area (Å²) in [5.41, 5.74) is -0.422. The van der Waals surface area contributed by atoms with E-state index in [2.05, 4.69) is 4.98 Å². The fraction of sp³-hybridized carbons (Fsp3) is 0.526. The molecule has 1 saturated heterocycles. The predicted octanol–water partition coefficient (Wildman–Crippen LogP) is 1.73. The number of aromatic nitrogens is 2. The summed E-state index contributed by atoms with van der Waals surface area (Å²) in [5, 5.41) is 0.431. The largest absolute Gasteiger partial charge is 0.341 e. The molecule has 0 radical (unpaired) electrons. The smallest absolute Gasteiger partial charge is 0.329 e. The van der Waals surface area contributed by atoms with Crippen LogP contribution in [0.5, 0.6) is 0 Å². The highest BCUT2D eigenvalue weighted by molar-refractivity contribution is 5.81. The number of hydrogen-bond acceptors (Lipinski definition) is 3. The van der Waals surface area contributed by atoms with Gasteiger partial charge in [-0.1, -0.05) is 31.4 Å². The molecule has 1 amide bonds. The Bertz CT molecular complexity index is 914. The molecule has 2 aromatic rings. The molecule has 1 aromatic carbocycles. The number of piperidine rings is 1. The number of fused-ring (bicyclic) bond motifs is 2. The zero-order valence-corrected chi connectivity index (χ0v) is 14.2. The van der Waals surface area contributed by atoms with Gasteiger partial charge in [0.25, 0.3) is 5.56 Å². The summed E-state index contributed by atoms with van der Waals surface area (Å²) in [4.78, 5) is 41.2. The van der Waals surface area contributed by atoms with Gasteiger partial charge < -0.3 is 4.90 Å². The van der Waals surface area contributed by atoms with E-state index in [4.69, 9.17) is 0 Å². The van der Waals surface area contributed by atoms with Crippen molar-refractivity contribution in [3.63, 3.8) is 0 Å². The molecule has 2 aliphatic rings. The van der Waals surface area contributed by atoms with Crippen molar-refractivity contribution in [3.05, 3.63) is 45.1 Å². The van der Waals surface area contributed by atoms with Crippen molar-refractivity contribution in [1.29, 1.82) is 0 Å². The van der Waals surface area contributed by atoms with Crippen molar-refractivity contribution in [2.24, 2.45) is 11.8 Å². The molecule has 132 valence electrons. The second kappa shape index (κ2) is 6.50. The van der Waals surface area contributed by atoms with Gasteiger partial charge in [-0.15, -0.1) is 0 Å². The maximum absolute atomic E-state index is 12.8. The van der Waals surface area contributed by atoms with Crippen molar-refractivity contribution in [3.8, 4) is 0 Å². The molecule has 1 aliphatic carbocycles. The molecular weight excluding hydrogens is 318 g/mol. The van der Waals surface area contributed by atoms with Gasteiger partial charge in [0, 0.05) is 13.1 Å². The molecule has 25 heavy (non-hydrogen) atoms. The van der Waals surface area contributed by atoms with Crippen LogP contribution in [0.25, 0.3) is 10.9 Å². The Labute approximate surface area is 145 Å². The van der Waals surface area contributed by atoms with E-state index in [-0.39, 0.29) is 12.5 Å². The van der Waals surface area contributed by atoms with Gasteiger partial charge in [0.2, 0.25) is 5.91 Å². The number of H-pyrrole nitrogens is 1. The standard InChI is InChI=1S/C19H23N3O3/c23-17(21-10-9-13-5-1-2-6-14(13)11-21)12-22-16-8-4-3-7-15(16)18(24)20-19(22)25/h3-4,7-8,13-14H,1-2,5-6,9-12H2,(H,20,24,25)/t13-,14+/m1/s1. The summed E-state index contributed by atoms with van der Waals surface area (Å²) < 4.78 is 1.38. The van der Waals surface area contributed by atoms with Crippen molar-refractivity contribution >= 4 is 16.8 Å². The first kappa shape index (κ1) is 16.1. The summed E-state index contributed by atoms with van der Waals surface area (Å²) in [6.07, 6.45) is 6.13. The van der Waals surface area contributed by atoms with Crippen LogP contribution in [-0.4, -0.2) is 33.4 Å². The Morgan fingerprint density at radius 2 is 1.84 bits per heavy atom. The predicted molar refractivity (Wildman–Crippen MR) is 95.5 cm³/mol. The molecule has 1 aliphatic heterocycles. The van der Waals surface area contributed by atoms with E-state index in [0.29, 0.717) is 16.8 Å². The highest BCUT2D eigenvalue weighted by Gasteiger charge is 2.33. The molecule has 6 nitrogen and oxygen atoms in total. The first-order valence-electron chi connectivity index (χ1n) is 9.13. The Balaban J connectivity index is 1.58. The third kappa shape index (κ3) is 3.01. The van der Waals surface area contributed by atoms with Crippen molar-refractivity contribution in [2.45, 2.75) is 38.6 Å². The number of para-hydroxylation sites is 1. The van der Waals surface area contributed by atoms with E-state index in [1.54, 1.807) is 24.3 Å². The molecule has 2 atom stereocenters. The van der Waals surface area contributed by atoms with Crippen LogP contribution in [0.3, 0.4) is 0 Å². The lowest BCUT2D eigenvalue weighted by molar-refractivity contribution is -0.134. The van der Waals surface area contributed by atoms with Crippen LogP contribution >= 0.6 is 0 Å². The quantitative estimate of drug-likeness (QED) is 0.904. The lowest BCUT2D eigenvalue weighted by Gasteiger charge is -2.41. The Kier molecular flexibility index (Phi) is 4.19. The normalized spacial score (nSPS) is 23.4. The first-order chi connectivity index (χ1) is 12.1. The van der Waals surface area contributed by atoms with E-state index in [1.165, 1.54) is 30.3 Å². The van der Waals surface area contributed by atoms with Crippen LogP contribution in [0.4, 0.5) is 0 Å². The van der Waals surface area contributed by atoms with E-state index in [0.717, 1.165) is 25.4 Å². The van der Waals surface area contributed by atoms with E-state index >= 15 is 0 Å².